The molecule has 1 aromatic carbocycles. The molecule has 33 heavy (non-hydrogen) atoms. The summed E-state index contributed by atoms with van der Waals surface area (Å²) in [5.74, 6) is 2.18. The standard InChI is InChI=1S/C24H25ClF3N5/c1-14(2)21-31-20-9-11-33(23-19(25)12-15(3)13-29-23)10-8-18(20)22(32-21)30-17-6-4-16(5-7-17)24(26,27)28/h4-7,12-14H,8-11H2,1-3H3,(H,30,31,32). The third-order valence-electron chi connectivity index (χ3n) is 5.61. The maximum atomic E-state index is 12.9. The molecule has 0 bridgehead atoms. The van der Waals surface area contributed by atoms with Gasteiger partial charge in [-0.2, -0.15) is 13.2 Å². The number of nitrogens with zero attached hydrogens (tertiary/aromatic N) is 4. The van der Waals surface area contributed by atoms with Crippen LogP contribution in [0, 0.1) is 6.92 Å². The van der Waals surface area contributed by atoms with Crippen LogP contribution in [0.15, 0.2) is 36.5 Å². The molecule has 4 rings (SSSR count). The lowest BCUT2D eigenvalue weighted by Gasteiger charge is -2.22. The zero-order valence-electron chi connectivity index (χ0n) is 18.7. The van der Waals surface area contributed by atoms with Gasteiger partial charge in [0.2, 0.25) is 0 Å². The van der Waals surface area contributed by atoms with Gasteiger partial charge < -0.3 is 10.2 Å². The summed E-state index contributed by atoms with van der Waals surface area (Å²) in [5.41, 5.74) is 2.76. The number of nitrogens with one attached hydrogen (secondary N) is 1. The highest BCUT2D eigenvalue weighted by Crippen LogP contribution is 2.32. The van der Waals surface area contributed by atoms with E-state index in [1.807, 2.05) is 26.8 Å². The molecule has 5 nitrogen and oxygen atoms in total. The Morgan fingerprint density at radius 2 is 1.76 bits per heavy atom. The van der Waals surface area contributed by atoms with E-state index in [9.17, 15) is 13.2 Å². The van der Waals surface area contributed by atoms with Gasteiger partial charge in [0, 0.05) is 42.9 Å². The normalized spacial score (nSPS) is 14.2. The second-order valence-electron chi connectivity index (χ2n) is 8.52. The molecular weight excluding hydrogens is 451 g/mol. The predicted molar refractivity (Wildman–Crippen MR) is 124 cm³/mol. The summed E-state index contributed by atoms with van der Waals surface area (Å²) in [6, 6.07) is 6.88. The van der Waals surface area contributed by atoms with Crippen LogP contribution in [0.3, 0.4) is 0 Å². The number of benzene rings is 1. The predicted octanol–water partition coefficient (Wildman–Crippen LogP) is 6.32. The second kappa shape index (κ2) is 9.17. The minimum absolute atomic E-state index is 0.107. The molecule has 3 heterocycles. The Kier molecular flexibility index (Phi) is 6.47. The van der Waals surface area contributed by atoms with E-state index in [1.165, 1.54) is 12.1 Å². The van der Waals surface area contributed by atoms with Crippen LogP contribution in [-0.2, 0) is 19.0 Å². The molecule has 0 saturated heterocycles. The Labute approximate surface area is 196 Å². The molecule has 0 fully saturated rings. The summed E-state index contributed by atoms with van der Waals surface area (Å²) < 4.78 is 38.8. The lowest BCUT2D eigenvalue weighted by atomic mass is 10.1. The highest BCUT2D eigenvalue weighted by atomic mass is 35.5. The van der Waals surface area contributed by atoms with Crippen LogP contribution in [-0.4, -0.2) is 28.0 Å². The number of pyridine rings is 1. The quantitative estimate of drug-likeness (QED) is 0.478. The average molecular weight is 476 g/mol. The van der Waals surface area contributed by atoms with Gasteiger partial charge in [-0.05, 0) is 49.2 Å². The molecule has 0 radical (unpaired) electrons. The fourth-order valence-electron chi connectivity index (χ4n) is 3.83. The van der Waals surface area contributed by atoms with Gasteiger partial charge in [0.15, 0.2) is 0 Å². The topological polar surface area (TPSA) is 53.9 Å². The average Bonchev–Trinajstić information content (AvgIpc) is 2.96. The number of fused-ring (bicyclic) bond motifs is 1. The molecule has 0 unspecified atom stereocenters. The summed E-state index contributed by atoms with van der Waals surface area (Å²) >= 11 is 6.45. The van der Waals surface area contributed by atoms with Crippen molar-refractivity contribution in [3.05, 3.63) is 69.8 Å². The first-order valence-electron chi connectivity index (χ1n) is 10.8. The number of hydrogen-bond donors (Lipinski definition) is 1. The molecular formula is C24H25ClF3N5. The van der Waals surface area contributed by atoms with E-state index in [-0.39, 0.29) is 5.92 Å². The Morgan fingerprint density at radius 3 is 2.39 bits per heavy atom. The smallest absolute Gasteiger partial charge is 0.355 e. The Balaban J connectivity index is 1.64. The number of hydrogen-bond acceptors (Lipinski definition) is 5. The second-order valence-corrected chi connectivity index (χ2v) is 8.92. The van der Waals surface area contributed by atoms with Crippen LogP contribution >= 0.6 is 11.6 Å². The number of aromatic nitrogens is 3. The van der Waals surface area contributed by atoms with E-state index >= 15 is 0 Å². The van der Waals surface area contributed by atoms with Crippen LogP contribution in [0.5, 0.6) is 0 Å². The minimum atomic E-state index is -4.37. The molecule has 174 valence electrons. The Bertz CT molecular complexity index is 1150. The first kappa shape index (κ1) is 23.3. The van der Waals surface area contributed by atoms with Crippen molar-refractivity contribution in [1.82, 2.24) is 15.0 Å². The van der Waals surface area contributed by atoms with Gasteiger partial charge in [0.05, 0.1) is 16.3 Å². The summed E-state index contributed by atoms with van der Waals surface area (Å²) in [4.78, 5) is 16.2. The van der Waals surface area contributed by atoms with Crippen LogP contribution < -0.4 is 10.2 Å². The van der Waals surface area contributed by atoms with Gasteiger partial charge in [-0.1, -0.05) is 25.4 Å². The first-order chi connectivity index (χ1) is 15.6. The molecule has 1 aliphatic rings. The molecule has 0 spiro atoms. The molecule has 0 saturated carbocycles. The highest BCUT2D eigenvalue weighted by molar-refractivity contribution is 6.33. The fourth-order valence-corrected chi connectivity index (χ4v) is 4.17. The van der Waals surface area contributed by atoms with Crippen LogP contribution in [0.1, 0.15) is 48.0 Å². The van der Waals surface area contributed by atoms with E-state index in [4.69, 9.17) is 21.6 Å². The van der Waals surface area contributed by atoms with E-state index in [0.717, 1.165) is 34.8 Å². The fraction of sp³-hybridized carbons (Fsp3) is 0.375. The number of rotatable bonds is 4. The molecule has 0 aliphatic carbocycles. The molecule has 0 atom stereocenters. The monoisotopic (exact) mass is 475 g/mol. The molecule has 1 N–H and O–H groups in total. The van der Waals surface area contributed by atoms with Gasteiger partial charge in [-0.15, -0.1) is 0 Å². The van der Waals surface area contributed by atoms with Gasteiger partial charge >= 0.3 is 6.18 Å². The number of anilines is 3. The van der Waals surface area contributed by atoms with Crippen molar-refractivity contribution in [2.45, 2.75) is 45.7 Å². The maximum absolute atomic E-state index is 12.9. The van der Waals surface area contributed by atoms with Gasteiger partial charge in [-0.3, -0.25) is 0 Å². The van der Waals surface area contributed by atoms with Gasteiger partial charge in [0.25, 0.3) is 0 Å². The Morgan fingerprint density at radius 1 is 1.06 bits per heavy atom. The summed E-state index contributed by atoms with van der Waals surface area (Å²) in [6.45, 7) is 7.36. The number of halogens is 4. The SMILES string of the molecule is Cc1cnc(N2CCc3nc(C(C)C)nc(Nc4ccc(C(F)(F)F)cc4)c3CC2)c(Cl)c1. The van der Waals surface area contributed by atoms with E-state index < -0.39 is 11.7 Å². The zero-order valence-corrected chi connectivity index (χ0v) is 19.4. The van der Waals surface area contributed by atoms with Crippen LogP contribution in [0.4, 0.5) is 30.5 Å². The van der Waals surface area contributed by atoms with Crippen molar-refractivity contribution < 1.29 is 13.2 Å². The zero-order chi connectivity index (χ0) is 23.8. The van der Waals surface area contributed by atoms with E-state index in [1.54, 1.807) is 6.20 Å². The van der Waals surface area contributed by atoms with Crippen molar-refractivity contribution in [2.75, 3.05) is 23.3 Å². The van der Waals surface area contributed by atoms with Crippen molar-refractivity contribution >= 4 is 28.9 Å². The van der Waals surface area contributed by atoms with Crippen LogP contribution in [0.25, 0.3) is 0 Å². The largest absolute Gasteiger partial charge is 0.416 e. The summed E-state index contributed by atoms with van der Waals surface area (Å²) in [6.07, 6.45) is -1.23. The molecule has 9 heteroatoms. The molecule has 0 amide bonds. The molecule has 1 aliphatic heterocycles. The van der Waals surface area contributed by atoms with E-state index in [0.29, 0.717) is 48.3 Å². The molecule has 3 aromatic rings. The van der Waals surface area contributed by atoms with Gasteiger partial charge in [-0.25, -0.2) is 15.0 Å². The third-order valence-corrected chi connectivity index (χ3v) is 5.89. The first-order valence-corrected chi connectivity index (χ1v) is 11.2. The lowest BCUT2D eigenvalue weighted by molar-refractivity contribution is -0.137. The highest BCUT2D eigenvalue weighted by Gasteiger charge is 2.30. The van der Waals surface area contributed by atoms with Crippen molar-refractivity contribution in [3.8, 4) is 0 Å². The Hall–Kier alpha value is -2.87. The third kappa shape index (κ3) is 5.21. The van der Waals surface area contributed by atoms with E-state index in [2.05, 4.69) is 15.2 Å². The summed E-state index contributed by atoms with van der Waals surface area (Å²) in [5, 5.41) is 3.84. The number of aryl methyl sites for hydroxylation is 1. The minimum Gasteiger partial charge on any atom is -0.355 e. The maximum Gasteiger partial charge on any atom is 0.416 e. The van der Waals surface area contributed by atoms with Crippen molar-refractivity contribution in [3.63, 3.8) is 0 Å². The van der Waals surface area contributed by atoms with Crippen LogP contribution in [0.2, 0.25) is 5.02 Å². The van der Waals surface area contributed by atoms with Gasteiger partial charge in [0.1, 0.15) is 17.5 Å². The van der Waals surface area contributed by atoms with Crippen molar-refractivity contribution in [2.24, 2.45) is 0 Å². The number of alkyl halides is 3. The lowest BCUT2D eigenvalue weighted by Crippen LogP contribution is -2.27. The molecule has 2 aromatic heterocycles. The van der Waals surface area contributed by atoms with Crippen molar-refractivity contribution in [1.29, 1.82) is 0 Å². The summed E-state index contributed by atoms with van der Waals surface area (Å²) in [7, 11) is 0.